The lowest BCUT2D eigenvalue weighted by Crippen LogP contribution is -2.44. The van der Waals surface area contributed by atoms with Crippen molar-refractivity contribution in [3.8, 4) is 0 Å². The first-order chi connectivity index (χ1) is 6.05. The van der Waals surface area contributed by atoms with Crippen LogP contribution >= 0.6 is 27.3 Å². The van der Waals surface area contributed by atoms with Crippen LogP contribution in [0.15, 0.2) is 9.98 Å². The standard InChI is InChI=1S/C7H7BrF2N2S/c8-5-3-11-6(13-5)12-4-1-7(9,10)2-4/h3-4H,1-2H2,(H,11,12). The topological polar surface area (TPSA) is 24.9 Å². The molecule has 1 aliphatic rings. The Morgan fingerprint density at radius 2 is 2.31 bits per heavy atom. The molecule has 0 aromatic carbocycles. The Kier molecular flexibility index (Phi) is 2.27. The van der Waals surface area contributed by atoms with Crippen LogP contribution in [0.3, 0.4) is 0 Å². The Balaban J connectivity index is 1.87. The van der Waals surface area contributed by atoms with Crippen molar-refractivity contribution in [1.29, 1.82) is 0 Å². The average molecular weight is 269 g/mol. The van der Waals surface area contributed by atoms with Gasteiger partial charge in [0.1, 0.15) is 0 Å². The summed E-state index contributed by atoms with van der Waals surface area (Å²) in [6.45, 7) is 0. The summed E-state index contributed by atoms with van der Waals surface area (Å²) in [4.78, 5) is 4.00. The number of alkyl halides is 2. The van der Waals surface area contributed by atoms with Gasteiger partial charge in [-0.05, 0) is 15.9 Å². The Hall–Kier alpha value is -0.230. The van der Waals surface area contributed by atoms with E-state index in [1.807, 2.05) is 0 Å². The molecular formula is C7H7BrF2N2S. The lowest BCUT2D eigenvalue weighted by molar-refractivity contribution is -0.0793. The molecule has 2 nitrogen and oxygen atoms in total. The van der Waals surface area contributed by atoms with Crippen LogP contribution in [0.25, 0.3) is 0 Å². The summed E-state index contributed by atoms with van der Waals surface area (Å²) in [6.07, 6.45) is 1.50. The highest BCUT2D eigenvalue weighted by molar-refractivity contribution is 9.11. The van der Waals surface area contributed by atoms with Crippen LogP contribution in [0.4, 0.5) is 13.9 Å². The normalized spacial score (nSPS) is 21.2. The fourth-order valence-electron chi connectivity index (χ4n) is 1.26. The van der Waals surface area contributed by atoms with Crippen molar-refractivity contribution in [2.75, 3.05) is 5.32 Å². The van der Waals surface area contributed by atoms with Gasteiger partial charge in [-0.2, -0.15) is 0 Å². The number of hydrogen-bond acceptors (Lipinski definition) is 3. The van der Waals surface area contributed by atoms with E-state index in [0.717, 1.165) is 3.79 Å². The summed E-state index contributed by atoms with van der Waals surface area (Å²) in [5.74, 6) is -2.47. The van der Waals surface area contributed by atoms with Gasteiger partial charge in [0.05, 0.1) is 9.98 Å². The maximum atomic E-state index is 12.4. The number of aromatic nitrogens is 1. The maximum absolute atomic E-state index is 12.4. The van der Waals surface area contributed by atoms with Gasteiger partial charge < -0.3 is 5.32 Å². The summed E-state index contributed by atoms with van der Waals surface area (Å²) in [6, 6.07) is -0.118. The molecule has 13 heavy (non-hydrogen) atoms. The molecule has 0 unspecified atom stereocenters. The van der Waals surface area contributed by atoms with E-state index in [0.29, 0.717) is 5.13 Å². The summed E-state index contributed by atoms with van der Waals surface area (Å²) in [5.41, 5.74) is 0. The van der Waals surface area contributed by atoms with Crippen molar-refractivity contribution < 1.29 is 8.78 Å². The Morgan fingerprint density at radius 1 is 1.62 bits per heavy atom. The molecule has 1 aromatic rings. The number of thiazole rings is 1. The molecule has 0 amide bonds. The van der Waals surface area contributed by atoms with Gasteiger partial charge in [0.25, 0.3) is 5.92 Å². The van der Waals surface area contributed by atoms with Gasteiger partial charge in [0.15, 0.2) is 5.13 Å². The molecule has 0 saturated heterocycles. The summed E-state index contributed by atoms with van der Waals surface area (Å²) in [7, 11) is 0. The molecule has 1 fully saturated rings. The van der Waals surface area contributed by atoms with Crippen LogP contribution in [0.5, 0.6) is 0 Å². The minimum atomic E-state index is -2.47. The van der Waals surface area contributed by atoms with Crippen LogP contribution in [-0.2, 0) is 0 Å². The van der Waals surface area contributed by atoms with Gasteiger partial charge in [-0.1, -0.05) is 11.3 Å². The first kappa shape index (κ1) is 9.33. The lowest BCUT2D eigenvalue weighted by atomic mass is 9.88. The van der Waals surface area contributed by atoms with E-state index < -0.39 is 5.92 Å². The van der Waals surface area contributed by atoms with Gasteiger partial charge in [-0.15, -0.1) is 0 Å². The quantitative estimate of drug-likeness (QED) is 0.892. The zero-order valence-corrected chi connectivity index (χ0v) is 8.96. The Morgan fingerprint density at radius 3 is 2.77 bits per heavy atom. The SMILES string of the molecule is FC1(F)CC(Nc2ncc(Br)s2)C1. The highest BCUT2D eigenvalue weighted by atomic mass is 79.9. The number of hydrogen-bond donors (Lipinski definition) is 1. The Bertz CT molecular complexity index is 307. The number of nitrogens with one attached hydrogen (secondary N) is 1. The molecule has 0 radical (unpaired) electrons. The fourth-order valence-corrected chi connectivity index (χ4v) is 2.44. The molecule has 0 spiro atoms. The smallest absolute Gasteiger partial charge is 0.252 e. The largest absolute Gasteiger partial charge is 0.358 e. The third kappa shape index (κ3) is 2.17. The zero-order chi connectivity index (χ0) is 9.47. The first-order valence-electron chi connectivity index (χ1n) is 3.81. The molecule has 1 saturated carbocycles. The van der Waals surface area contributed by atoms with Crippen LogP contribution in [0.1, 0.15) is 12.8 Å². The predicted molar refractivity (Wildman–Crippen MR) is 51.4 cm³/mol. The molecule has 0 bridgehead atoms. The summed E-state index contributed by atoms with van der Waals surface area (Å²) < 4.78 is 25.8. The third-order valence-electron chi connectivity index (χ3n) is 1.90. The van der Waals surface area contributed by atoms with Gasteiger partial charge in [0.2, 0.25) is 0 Å². The second-order valence-corrected chi connectivity index (χ2v) is 5.48. The molecule has 0 aliphatic heterocycles. The van der Waals surface area contributed by atoms with Crippen molar-refractivity contribution in [2.24, 2.45) is 0 Å². The van der Waals surface area contributed by atoms with E-state index in [9.17, 15) is 8.78 Å². The van der Waals surface area contributed by atoms with E-state index in [4.69, 9.17) is 0 Å². The maximum Gasteiger partial charge on any atom is 0.252 e. The molecular weight excluding hydrogens is 262 g/mol. The number of halogens is 3. The van der Waals surface area contributed by atoms with Crippen LogP contribution in [0.2, 0.25) is 0 Å². The average Bonchev–Trinajstić information content (AvgIpc) is 2.31. The highest BCUT2D eigenvalue weighted by Crippen LogP contribution is 2.39. The summed E-state index contributed by atoms with van der Waals surface area (Å²) in [5, 5.41) is 3.65. The van der Waals surface area contributed by atoms with Crippen LogP contribution in [-0.4, -0.2) is 16.9 Å². The number of anilines is 1. The number of nitrogens with zero attached hydrogens (tertiary/aromatic N) is 1. The lowest BCUT2D eigenvalue weighted by Gasteiger charge is -2.35. The molecule has 1 N–H and O–H groups in total. The molecule has 2 rings (SSSR count). The van der Waals surface area contributed by atoms with Gasteiger partial charge >= 0.3 is 0 Å². The fraction of sp³-hybridized carbons (Fsp3) is 0.571. The van der Waals surface area contributed by atoms with Crippen molar-refractivity contribution in [3.05, 3.63) is 9.98 Å². The molecule has 6 heteroatoms. The Labute approximate surface area is 86.5 Å². The first-order valence-corrected chi connectivity index (χ1v) is 5.42. The van der Waals surface area contributed by atoms with Crippen molar-refractivity contribution in [3.63, 3.8) is 0 Å². The van der Waals surface area contributed by atoms with E-state index in [1.165, 1.54) is 11.3 Å². The highest BCUT2D eigenvalue weighted by Gasteiger charge is 2.45. The minimum absolute atomic E-state index is 0.0792. The van der Waals surface area contributed by atoms with Crippen molar-refractivity contribution >= 4 is 32.4 Å². The van der Waals surface area contributed by atoms with E-state index in [-0.39, 0.29) is 18.9 Å². The third-order valence-corrected chi connectivity index (χ3v) is 3.30. The van der Waals surface area contributed by atoms with Gasteiger partial charge in [-0.25, -0.2) is 13.8 Å². The molecule has 72 valence electrons. The van der Waals surface area contributed by atoms with Crippen LogP contribution < -0.4 is 5.32 Å². The summed E-state index contributed by atoms with van der Waals surface area (Å²) >= 11 is 4.67. The van der Waals surface area contributed by atoms with Crippen molar-refractivity contribution in [2.45, 2.75) is 24.8 Å². The molecule has 1 aliphatic carbocycles. The minimum Gasteiger partial charge on any atom is -0.358 e. The molecule has 0 atom stereocenters. The monoisotopic (exact) mass is 268 g/mol. The van der Waals surface area contributed by atoms with E-state index >= 15 is 0 Å². The number of rotatable bonds is 2. The van der Waals surface area contributed by atoms with E-state index in [1.54, 1.807) is 6.20 Å². The van der Waals surface area contributed by atoms with Gasteiger partial charge in [-0.3, -0.25) is 0 Å². The van der Waals surface area contributed by atoms with Crippen molar-refractivity contribution in [1.82, 2.24) is 4.98 Å². The molecule has 1 aromatic heterocycles. The van der Waals surface area contributed by atoms with E-state index in [2.05, 4.69) is 26.2 Å². The van der Waals surface area contributed by atoms with Crippen LogP contribution in [0, 0.1) is 0 Å². The van der Waals surface area contributed by atoms with Gasteiger partial charge in [0, 0.05) is 18.9 Å². The second kappa shape index (κ2) is 3.16. The molecule has 1 heterocycles. The second-order valence-electron chi connectivity index (χ2n) is 3.07. The predicted octanol–water partition coefficient (Wildman–Crippen LogP) is 3.12. The zero-order valence-electron chi connectivity index (χ0n) is 6.56.